The molecule has 4 rings (SSSR count). The molecule has 0 spiro atoms. The number of hydrogen-bond acceptors (Lipinski definition) is 9. The van der Waals surface area contributed by atoms with Crippen LogP contribution >= 0.6 is 0 Å². The van der Waals surface area contributed by atoms with Crippen molar-refractivity contribution >= 4 is 29.2 Å². The molecule has 1 unspecified atom stereocenters. The first-order valence-corrected chi connectivity index (χ1v) is 12.3. The van der Waals surface area contributed by atoms with E-state index < -0.39 is 28.7 Å². The second-order valence-corrected chi connectivity index (χ2v) is 9.11. The average molecular weight is 527 g/mol. The fourth-order valence-corrected chi connectivity index (χ4v) is 4.30. The Bertz CT molecular complexity index is 1360. The van der Waals surface area contributed by atoms with E-state index in [9.17, 15) is 23.9 Å². The van der Waals surface area contributed by atoms with Crippen molar-refractivity contribution in [2.75, 3.05) is 56.2 Å². The molecule has 3 heterocycles. The lowest BCUT2D eigenvalue weighted by Crippen LogP contribution is -2.44. The Kier molecular flexibility index (Phi) is 8.54. The Morgan fingerprint density at radius 2 is 2.11 bits per heavy atom. The molecule has 3 aromatic rings. The van der Waals surface area contributed by atoms with Crippen LogP contribution in [-0.2, 0) is 16.1 Å². The van der Waals surface area contributed by atoms with Gasteiger partial charge in [0.05, 0.1) is 31.1 Å². The van der Waals surface area contributed by atoms with Crippen LogP contribution in [0.3, 0.4) is 0 Å². The summed E-state index contributed by atoms with van der Waals surface area (Å²) in [7, 11) is 1.82. The molecule has 0 bridgehead atoms. The SMILES string of the molecule is CC1COCCN1c1cc(N(C)CCNCC=O)c2nc(C(=O)NCc3ccc(F)cc3)c(O)c(=O)n2c1. The van der Waals surface area contributed by atoms with Gasteiger partial charge in [-0.15, -0.1) is 0 Å². The van der Waals surface area contributed by atoms with E-state index in [1.165, 1.54) is 28.7 Å². The number of carbonyl (C=O) groups is 2. The van der Waals surface area contributed by atoms with Gasteiger partial charge in [-0.3, -0.25) is 14.0 Å². The van der Waals surface area contributed by atoms with E-state index in [0.29, 0.717) is 44.1 Å². The van der Waals surface area contributed by atoms with Crippen LogP contribution in [0.15, 0.2) is 41.3 Å². The number of hydrogen-bond donors (Lipinski definition) is 3. The van der Waals surface area contributed by atoms with Crippen LogP contribution in [-0.4, -0.2) is 79.2 Å². The van der Waals surface area contributed by atoms with Crippen molar-refractivity contribution in [3.05, 3.63) is 64.0 Å². The largest absolute Gasteiger partial charge is 0.501 e. The zero-order valence-corrected chi connectivity index (χ0v) is 21.3. The first-order chi connectivity index (χ1) is 18.3. The number of nitrogens with one attached hydrogen (secondary N) is 2. The summed E-state index contributed by atoms with van der Waals surface area (Å²) >= 11 is 0. The van der Waals surface area contributed by atoms with Gasteiger partial charge in [-0.1, -0.05) is 12.1 Å². The number of halogens is 1. The lowest BCUT2D eigenvalue weighted by atomic mass is 10.2. The molecule has 0 aliphatic carbocycles. The third-order valence-electron chi connectivity index (χ3n) is 6.41. The van der Waals surface area contributed by atoms with Gasteiger partial charge in [0.15, 0.2) is 11.3 Å². The molecule has 11 nitrogen and oxygen atoms in total. The van der Waals surface area contributed by atoms with E-state index in [2.05, 4.69) is 20.5 Å². The van der Waals surface area contributed by atoms with Gasteiger partial charge in [0.25, 0.3) is 5.91 Å². The highest BCUT2D eigenvalue weighted by Gasteiger charge is 2.25. The fourth-order valence-electron chi connectivity index (χ4n) is 4.30. The highest BCUT2D eigenvalue weighted by atomic mass is 19.1. The highest BCUT2D eigenvalue weighted by Crippen LogP contribution is 2.29. The predicted molar refractivity (Wildman–Crippen MR) is 141 cm³/mol. The van der Waals surface area contributed by atoms with Crippen molar-refractivity contribution in [2.24, 2.45) is 0 Å². The van der Waals surface area contributed by atoms with E-state index >= 15 is 0 Å². The summed E-state index contributed by atoms with van der Waals surface area (Å²) in [6.45, 7) is 4.95. The number of benzene rings is 1. The second-order valence-electron chi connectivity index (χ2n) is 9.11. The van der Waals surface area contributed by atoms with Crippen molar-refractivity contribution in [3.63, 3.8) is 0 Å². The van der Waals surface area contributed by atoms with Crippen molar-refractivity contribution in [2.45, 2.75) is 19.5 Å². The number of rotatable bonds is 10. The molecule has 38 heavy (non-hydrogen) atoms. The minimum Gasteiger partial charge on any atom is -0.501 e. The molecule has 1 saturated heterocycles. The smallest absolute Gasteiger partial charge is 0.301 e. The van der Waals surface area contributed by atoms with Gasteiger partial charge < -0.3 is 35.1 Å². The number of amides is 1. The van der Waals surface area contributed by atoms with Gasteiger partial charge in [-0.25, -0.2) is 9.37 Å². The highest BCUT2D eigenvalue weighted by molar-refractivity contribution is 5.95. The average Bonchev–Trinajstić information content (AvgIpc) is 2.92. The van der Waals surface area contributed by atoms with Crippen LogP contribution in [0.1, 0.15) is 23.0 Å². The number of fused-ring (bicyclic) bond motifs is 1. The van der Waals surface area contributed by atoms with Crippen LogP contribution in [0.5, 0.6) is 5.75 Å². The maximum atomic E-state index is 13.3. The van der Waals surface area contributed by atoms with Gasteiger partial charge in [0.2, 0.25) is 5.75 Å². The fraction of sp³-hybridized carbons (Fsp3) is 0.385. The maximum absolute atomic E-state index is 13.3. The van der Waals surface area contributed by atoms with E-state index in [4.69, 9.17) is 4.74 Å². The number of anilines is 2. The Labute approximate surface area is 218 Å². The molecular formula is C26H31FN6O5. The summed E-state index contributed by atoms with van der Waals surface area (Å²) in [6.07, 6.45) is 2.38. The van der Waals surface area contributed by atoms with Crippen molar-refractivity contribution < 1.29 is 23.8 Å². The molecule has 1 aliphatic heterocycles. The molecule has 1 aliphatic rings. The number of aromatic nitrogens is 2. The first-order valence-electron chi connectivity index (χ1n) is 12.3. The molecule has 202 valence electrons. The zero-order valence-electron chi connectivity index (χ0n) is 21.3. The predicted octanol–water partition coefficient (Wildman–Crippen LogP) is 0.919. The Morgan fingerprint density at radius 1 is 1.34 bits per heavy atom. The van der Waals surface area contributed by atoms with Crippen molar-refractivity contribution in [1.82, 2.24) is 20.0 Å². The molecule has 2 aromatic heterocycles. The van der Waals surface area contributed by atoms with Gasteiger partial charge in [-0.05, 0) is 30.7 Å². The summed E-state index contributed by atoms with van der Waals surface area (Å²) in [6, 6.07) is 7.55. The van der Waals surface area contributed by atoms with Gasteiger partial charge in [0, 0.05) is 45.5 Å². The molecule has 0 radical (unpaired) electrons. The molecule has 0 saturated carbocycles. The Balaban J connectivity index is 1.73. The standard InChI is InChI=1S/C26H31FN6O5/c1-17-16-38-12-10-32(17)20-13-21(31(2)9-7-28-8-11-34)24-30-22(23(35)26(37)33(24)15-20)25(36)29-14-18-3-5-19(27)6-4-18/h3-6,11,13,15,17,28,35H,7-10,12,14,16H2,1-2H3,(H,29,36). The number of ether oxygens (including phenoxy) is 1. The molecule has 1 aromatic carbocycles. The third kappa shape index (κ3) is 5.92. The summed E-state index contributed by atoms with van der Waals surface area (Å²) in [4.78, 5) is 45.3. The summed E-state index contributed by atoms with van der Waals surface area (Å²) in [5, 5.41) is 16.3. The van der Waals surface area contributed by atoms with Crippen LogP contribution in [0, 0.1) is 5.82 Å². The second kappa shape index (κ2) is 12.0. The summed E-state index contributed by atoms with van der Waals surface area (Å²) < 4.78 is 20.0. The lowest BCUT2D eigenvalue weighted by Gasteiger charge is -2.36. The topological polar surface area (TPSA) is 129 Å². The van der Waals surface area contributed by atoms with Crippen LogP contribution < -0.4 is 26.0 Å². The van der Waals surface area contributed by atoms with E-state index in [1.807, 2.05) is 24.9 Å². The molecule has 1 fully saturated rings. The number of pyridine rings is 1. The quantitative estimate of drug-likeness (QED) is 0.261. The number of morpholine rings is 1. The first kappa shape index (κ1) is 27.0. The summed E-state index contributed by atoms with van der Waals surface area (Å²) in [5.74, 6) is -1.91. The van der Waals surface area contributed by atoms with Crippen LogP contribution in [0.2, 0.25) is 0 Å². The monoisotopic (exact) mass is 526 g/mol. The number of aromatic hydroxyl groups is 1. The minimum atomic E-state index is -0.779. The van der Waals surface area contributed by atoms with Crippen molar-refractivity contribution in [1.29, 1.82) is 0 Å². The molecular weight excluding hydrogens is 495 g/mol. The third-order valence-corrected chi connectivity index (χ3v) is 6.41. The van der Waals surface area contributed by atoms with Crippen LogP contribution in [0.4, 0.5) is 15.8 Å². The van der Waals surface area contributed by atoms with Gasteiger partial charge >= 0.3 is 5.56 Å². The number of likely N-dealkylation sites (N-methyl/N-ethyl adjacent to an activating group) is 1. The van der Waals surface area contributed by atoms with Crippen molar-refractivity contribution in [3.8, 4) is 5.75 Å². The number of nitrogens with zero attached hydrogens (tertiary/aromatic N) is 4. The molecule has 12 heteroatoms. The minimum absolute atomic E-state index is 0.0578. The van der Waals surface area contributed by atoms with Crippen LogP contribution in [0.25, 0.3) is 5.65 Å². The lowest BCUT2D eigenvalue weighted by molar-refractivity contribution is -0.107. The molecule has 3 N–H and O–H groups in total. The Morgan fingerprint density at radius 3 is 2.82 bits per heavy atom. The maximum Gasteiger partial charge on any atom is 0.301 e. The number of carbonyl (C=O) groups excluding carboxylic acids is 2. The normalized spacial score (nSPS) is 15.4. The van der Waals surface area contributed by atoms with Gasteiger partial charge in [-0.2, -0.15) is 0 Å². The molecule has 1 amide bonds. The van der Waals surface area contributed by atoms with Gasteiger partial charge in [0.1, 0.15) is 12.1 Å². The number of aldehydes is 1. The van der Waals surface area contributed by atoms with E-state index in [-0.39, 0.29) is 24.8 Å². The Hall–Kier alpha value is -4.03. The zero-order chi connectivity index (χ0) is 27.2. The van der Waals surface area contributed by atoms with E-state index in [1.54, 1.807) is 6.20 Å². The summed E-state index contributed by atoms with van der Waals surface area (Å²) in [5.41, 5.74) is 0.968. The molecule has 1 atom stereocenters. The van der Waals surface area contributed by atoms with E-state index in [0.717, 1.165) is 12.0 Å².